The molecule has 1 aromatic carbocycles. The minimum absolute atomic E-state index is 0.0450. The van der Waals surface area contributed by atoms with E-state index in [0.717, 1.165) is 6.07 Å². The molecule has 2 aromatic rings. The van der Waals surface area contributed by atoms with Crippen LogP contribution >= 0.6 is 11.6 Å². The largest absolute Gasteiger partial charge is 0.459 e. The molecular weight excluding hydrogens is 367 g/mol. The molecule has 0 unspecified atom stereocenters. The molecule has 7 nitrogen and oxygen atoms in total. The van der Waals surface area contributed by atoms with Gasteiger partial charge in [-0.3, -0.25) is 9.59 Å². The monoisotopic (exact) mass is 382 g/mol. The Balaban J connectivity index is 1.87. The Bertz CT molecular complexity index is 809. The lowest BCUT2D eigenvalue weighted by Gasteiger charge is -2.17. The van der Waals surface area contributed by atoms with Gasteiger partial charge in [0.1, 0.15) is 11.9 Å². The van der Waals surface area contributed by atoms with Crippen LogP contribution in [-0.2, 0) is 14.3 Å². The van der Waals surface area contributed by atoms with Crippen molar-refractivity contribution < 1.29 is 27.9 Å². The molecule has 0 radical (unpaired) electrons. The van der Waals surface area contributed by atoms with Crippen molar-refractivity contribution in [1.82, 2.24) is 5.32 Å². The third-order valence-electron chi connectivity index (χ3n) is 3.30. The predicted octanol–water partition coefficient (Wildman–Crippen LogP) is 2.76. The van der Waals surface area contributed by atoms with Crippen LogP contribution in [0.4, 0.5) is 10.1 Å². The van der Waals surface area contributed by atoms with Gasteiger partial charge in [0.05, 0.1) is 11.3 Å². The third kappa shape index (κ3) is 5.06. The molecule has 0 saturated heterocycles. The Morgan fingerprint density at radius 1 is 1.23 bits per heavy atom. The first kappa shape index (κ1) is 19.5. The highest BCUT2D eigenvalue weighted by Crippen LogP contribution is 2.19. The molecule has 2 N–H and O–H groups in total. The van der Waals surface area contributed by atoms with Gasteiger partial charge >= 0.3 is 5.97 Å². The van der Waals surface area contributed by atoms with Gasteiger partial charge in [-0.05, 0) is 44.2 Å². The Hall–Kier alpha value is -2.87. The van der Waals surface area contributed by atoms with Gasteiger partial charge < -0.3 is 19.8 Å². The van der Waals surface area contributed by atoms with Crippen molar-refractivity contribution in [2.45, 2.75) is 26.0 Å². The summed E-state index contributed by atoms with van der Waals surface area (Å²) >= 11 is 5.63. The second-order valence-electron chi connectivity index (χ2n) is 5.37. The molecule has 26 heavy (non-hydrogen) atoms. The van der Waals surface area contributed by atoms with Crippen LogP contribution in [0.5, 0.6) is 0 Å². The quantitative estimate of drug-likeness (QED) is 0.749. The zero-order valence-corrected chi connectivity index (χ0v) is 14.7. The number of furan rings is 1. The fraction of sp³-hybridized carbons (Fsp3) is 0.235. The van der Waals surface area contributed by atoms with Crippen LogP contribution in [0.15, 0.2) is 41.0 Å². The number of amides is 2. The lowest BCUT2D eigenvalue weighted by atomic mass is 10.2. The molecule has 0 aliphatic carbocycles. The van der Waals surface area contributed by atoms with E-state index >= 15 is 0 Å². The molecule has 0 aliphatic rings. The van der Waals surface area contributed by atoms with Crippen molar-refractivity contribution in [2.24, 2.45) is 0 Å². The second-order valence-corrected chi connectivity index (χ2v) is 5.78. The lowest BCUT2D eigenvalue weighted by Crippen LogP contribution is -2.42. The first-order valence-electron chi connectivity index (χ1n) is 7.58. The Morgan fingerprint density at radius 3 is 2.58 bits per heavy atom. The van der Waals surface area contributed by atoms with Gasteiger partial charge in [-0.25, -0.2) is 9.18 Å². The smallest absolute Gasteiger partial charge is 0.329 e. The van der Waals surface area contributed by atoms with Crippen LogP contribution in [-0.4, -0.2) is 29.9 Å². The number of hydrogen-bond acceptors (Lipinski definition) is 5. The van der Waals surface area contributed by atoms with E-state index in [4.69, 9.17) is 20.8 Å². The van der Waals surface area contributed by atoms with Crippen molar-refractivity contribution in [3.8, 4) is 0 Å². The summed E-state index contributed by atoms with van der Waals surface area (Å²) in [5.74, 6) is -2.60. The summed E-state index contributed by atoms with van der Waals surface area (Å²) in [5.41, 5.74) is 0.253. The first-order chi connectivity index (χ1) is 12.3. The van der Waals surface area contributed by atoms with E-state index in [9.17, 15) is 18.8 Å². The SMILES string of the molecule is C[C@H](NC(=O)c1ccco1)C(=O)O[C@H](C)C(=O)Nc1ccc(F)c(Cl)c1. The molecule has 0 fully saturated rings. The minimum atomic E-state index is -1.14. The highest BCUT2D eigenvalue weighted by Gasteiger charge is 2.24. The number of carbonyl (C=O) groups excluding carboxylic acids is 3. The summed E-state index contributed by atoms with van der Waals surface area (Å²) in [4.78, 5) is 35.8. The summed E-state index contributed by atoms with van der Waals surface area (Å²) < 4.78 is 23.0. The molecule has 2 atom stereocenters. The maximum Gasteiger partial charge on any atom is 0.329 e. The number of halogens is 2. The van der Waals surface area contributed by atoms with Gasteiger partial charge in [-0.2, -0.15) is 0 Å². The molecule has 0 bridgehead atoms. The van der Waals surface area contributed by atoms with Gasteiger partial charge in [0.25, 0.3) is 11.8 Å². The molecule has 1 aromatic heterocycles. The number of nitrogens with one attached hydrogen (secondary N) is 2. The van der Waals surface area contributed by atoms with E-state index in [-0.39, 0.29) is 16.5 Å². The van der Waals surface area contributed by atoms with Gasteiger partial charge in [0.2, 0.25) is 0 Å². The fourth-order valence-corrected chi connectivity index (χ4v) is 2.06. The number of hydrogen-bond donors (Lipinski definition) is 2. The van der Waals surface area contributed by atoms with Gasteiger partial charge in [0, 0.05) is 5.69 Å². The van der Waals surface area contributed by atoms with Crippen LogP contribution in [0, 0.1) is 5.82 Å². The Kier molecular flexibility index (Phi) is 6.35. The highest BCUT2D eigenvalue weighted by molar-refractivity contribution is 6.31. The third-order valence-corrected chi connectivity index (χ3v) is 3.59. The molecule has 0 aliphatic heterocycles. The molecule has 2 rings (SSSR count). The van der Waals surface area contributed by atoms with E-state index in [1.165, 1.54) is 44.4 Å². The van der Waals surface area contributed by atoms with Gasteiger partial charge in [-0.15, -0.1) is 0 Å². The van der Waals surface area contributed by atoms with Crippen LogP contribution in [0.1, 0.15) is 24.4 Å². The topological polar surface area (TPSA) is 97.6 Å². The number of esters is 1. The number of ether oxygens (including phenoxy) is 1. The summed E-state index contributed by atoms with van der Waals surface area (Å²) in [6.07, 6.45) is 0.181. The minimum Gasteiger partial charge on any atom is -0.459 e. The standard InChI is InChI=1S/C17H16ClFN2O5/c1-9(20-16(23)14-4-3-7-25-14)17(24)26-10(2)15(22)21-11-5-6-13(19)12(18)8-11/h3-10H,1-2H3,(H,20,23)(H,21,22)/t9-,10+/m0/s1. The van der Waals surface area contributed by atoms with E-state index in [0.29, 0.717) is 0 Å². The average molecular weight is 383 g/mol. The maximum absolute atomic E-state index is 13.1. The Morgan fingerprint density at radius 2 is 1.96 bits per heavy atom. The average Bonchev–Trinajstić information content (AvgIpc) is 3.12. The zero-order chi connectivity index (χ0) is 19.3. The fourth-order valence-electron chi connectivity index (χ4n) is 1.88. The molecule has 2 amide bonds. The normalized spacial score (nSPS) is 12.8. The van der Waals surface area contributed by atoms with Crippen molar-refractivity contribution in [1.29, 1.82) is 0 Å². The summed E-state index contributed by atoms with van der Waals surface area (Å²) in [6.45, 7) is 2.77. The highest BCUT2D eigenvalue weighted by atomic mass is 35.5. The van der Waals surface area contributed by atoms with Crippen molar-refractivity contribution in [3.05, 3.63) is 53.2 Å². The Labute approximate surface area is 153 Å². The molecule has 9 heteroatoms. The number of rotatable bonds is 6. The summed E-state index contributed by atoms with van der Waals surface area (Å²) in [6, 6.07) is 5.63. The van der Waals surface area contributed by atoms with E-state index in [2.05, 4.69) is 10.6 Å². The van der Waals surface area contributed by atoms with Crippen LogP contribution in [0.2, 0.25) is 5.02 Å². The molecule has 0 saturated carbocycles. The van der Waals surface area contributed by atoms with E-state index < -0.39 is 35.7 Å². The van der Waals surface area contributed by atoms with Crippen LogP contribution in [0.3, 0.4) is 0 Å². The molecule has 0 spiro atoms. The lowest BCUT2D eigenvalue weighted by molar-refractivity contribution is -0.154. The van der Waals surface area contributed by atoms with Gasteiger partial charge in [0.15, 0.2) is 11.9 Å². The first-order valence-corrected chi connectivity index (χ1v) is 7.96. The number of carbonyl (C=O) groups is 3. The van der Waals surface area contributed by atoms with E-state index in [1.807, 2.05) is 0 Å². The van der Waals surface area contributed by atoms with Crippen molar-refractivity contribution in [3.63, 3.8) is 0 Å². The molecule has 138 valence electrons. The predicted molar refractivity (Wildman–Crippen MR) is 91.2 cm³/mol. The van der Waals surface area contributed by atoms with Crippen LogP contribution < -0.4 is 10.6 Å². The van der Waals surface area contributed by atoms with E-state index in [1.54, 1.807) is 0 Å². The van der Waals surface area contributed by atoms with Crippen molar-refractivity contribution in [2.75, 3.05) is 5.32 Å². The van der Waals surface area contributed by atoms with Crippen molar-refractivity contribution >= 4 is 35.1 Å². The van der Waals surface area contributed by atoms with Crippen LogP contribution in [0.25, 0.3) is 0 Å². The van der Waals surface area contributed by atoms with Gasteiger partial charge in [-0.1, -0.05) is 11.6 Å². The number of benzene rings is 1. The second kappa shape index (κ2) is 8.48. The molecule has 1 heterocycles. The zero-order valence-electron chi connectivity index (χ0n) is 13.9. The molecular formula is C17H16ClFN2O5. The summed E-state index contributed by atoms with van der Waals surface area (Å²) in [7, 11) is 0. The maximum atomic E-state index is 13.1. The summed E-state index contributed by atoms with van der Waals surface area (Å²) in [5, 5.41) is 4.69. The number of anilines is 1.